The van der Waals surface area contributed by atoms with Crippen LogP contribution in [-0.2, 0) is 0 Å². The highest BCUT2D eigenvalue weighted by Crippen LogP contribution is 2.29. The van der Waals surface area contributed by atoms with Gasteiger partial charge in [0.25, 0.3) is 5.91 Å². The van der Waals surface area contributed by atoms with E-state index >= 15 is 0 Å². The van der Waals surface area contributed by atoms with Gasteiger partial charge in [0.15, 0.2) is 11.5 Å². The molecular weight excluding hydrogens is 439 g/mol. The molecule has 1 aliphatic rings. The fraction of sp³-hybridized carbons (Fsp3) is 0.286. The quantitative estimate of drug-likeness (QED) is 0.578. The van der Waals surface area contributed by atoms with Gasteiger partial charge in [-0.15, -0.1) is 15.0 Å². The molecule has 8 nitrogen and oxygen atoms in total. The average molecular weight is 461 g/mol. The van der Waals surface area contributed by atoms with Crippen LogP contribution in [0.2, 0.25) is 10.0 Å². The van der Waals surface area contributed by atoms with Gasteiger partial charge >= 0.3 is 0 Å². The zero-order valence-electron chi connectivity index (χ0n) is 16.9. The highest BCUT2D eigenvalue weighted by Gasteiger charge is 2.21. The molecule has 162 valence electrons. The van der Waals surface area contributed by atoms with Crippen LogP contribution in [0.1, 0.15) is 23.3 Å². The number of nitrogens with one attached hydrogen (secondary N) is 1. The van der Waals surface area contributed by atoms with Crippen molar-refractivity contribution >= 4 is 40.6 Å². The van der Waals surface area contributed by atoms with Gasteiger partial charge in [0, 0.05) is 18.8 Å². The van der Waals surface area contributed by atoms with Crippen molar-refractivity contribution in [3.63, 3.8) is 0 Å². The summed E-state index contributed by atoms with van der Waals surface area (Å²) in [7, 11) is 2.12. The standard InChI is InChI=1S/C21H22Cl2N6O2/c1-28-11-9-15(10-12-28)31-14-7-5-13(6-8-14)25-21-18(20(24)30)26-29(27-21)19-16(22)3-2-4-17(19)23/h2-8,15H,9-12H2,1H3,(H2,24,30)(H,25,27). The third-order valence-corrected chi connectivity index (χ3v) is 5.68. The molecule has 0 bridgehead atoms. The molecule has 2 heterocycles. The first kappa shape index (κ1) is 21.4. The first-order chi connectivity index (χ1) is 14.9. The van der Waals surface area contributed by atoms with E-state index in [1.807, 2.05) is 24.3 Å². The van der Waals surface area contributed by atoms with Crippen molar-refractivity contribution in [2.45, 2.75) is 18.9 Å². The lowest BCUT2D eigenvalue weighted by atomic mass is 10.1. The number of para-hydroxylation sites is 1. The molecule has 0 aliphatic carbocycles. The molecule has 0 saturated carbocycles. The molecule has 1 fully saturated rings. The van der Waals surface area contributed by atoms with Gasteiger partial charge in [0.2, 0.25) is 0 Å². The van der Waals surface area contributed by atoms with Crippen LogP contribution < -0.4 is 15.8 Å². The van der Waals surface area contributed by atoms with Gasteiger partial charge in [0.05, 0.1) is 10.0 Å². The molecule has 4 rings (SSSR count). The summed E-state index contributed by atoms with van der Waals surface area (Å²) in [5, 5.41) is 12.3. The van der Waals surface area contributed by atoms with Gasteiger partial charge in [-0.3, -0.25) is 4.79 Å². The van der Waals surface area contributed by atoms with Crippen LogP contribution in [0.3, 0.4) is 0 Å². The average Bonchev–Trinajstić information content (AvgIpc) is 3.14. The molecule has 1 aliphatic heterocycles. The van der Waals surface area contributed by atoms with Gasteiger partial charge < -0.3 is 20.7 Å². The van der Waals surface area contributed by atoms with Crippen LogP contribution in [0.15, 0.2) is 42.5 Å². The Morgan fingerprint density at radius 3 is 2.35 bits per heavy atom. The molecule has 1 amide bonds. The summed E-state index contributed by atoms with van der Waals surface area (Å²) in [6, 6.07) is 12.5. The number of rotatable bonds is 6. The van der Waals surface area contributed by atoms with Crippen LogP contribution in [-0.4, -0.2) is 52.0 Å². The second-order valence-corrected chi connectivity index (χ2v) is 8.21. The van der Waals surface area contributed by atoms with E-state index in [1.165, 1.54) is 4.80 Å². The molecule has 0 radical (unpaired) electrons. The van der Waals surface area contributed by atoms with Crippen LogP contribution in [0.25, 0.3) is 5.69 Å². The molecule has 31 heavy (non-hydrogen) atoms. The number of benzene rings is 2. The molecule has 3 aromatic rings. The van der Waals surface area contributed by atoms with E-state index < -0.39 is 5.91 Å². The molecule has 0 spiro atoms. The Bertz CT molecular complexity index is 1060. The monoisotopic (exact) mass is 460 g/mol. The van der Waals surface area contributed by atoms with E-state index in [0.29, 0.717) is 21.4 Å². The van der Waals surface area contributed by atoms with E-state index in [0.717, 1.165) is 31.7 Å². The Morgan fingerprint density at radius 1 is 1.10 bits per heavy atom. The number of primary amides is 1. The van der Waals surface area contributed by atoms with E-state index in [1.54, 1.807) is 18.2 Å². The lowest BCUT2D eigenvalue weighted by molar-refractivity contribution is 0.0996. The first-order valence-electron chi connectivity index (χ1n) is 9.84. The molecule has 0 atom stereocenters. The summed E-state index contributed by atoms with van der Waals surface area (Å²) in [6.45, 7) is 2.07. The van der Waals surface area contributed by atoms with Crippen LogP contribution in [0.4, 0.5) is 11.5 Å². The molecule has 1 saturated heterocycles. The number of likely N-dealkylation sites (tertiary alicyclic amines) is 1. The minimum atomic E-state index is -0.723. The number of ether oxygens (including phenoxy) is 1. The van der Waals surface area contributed by atoms with Crippen molar-refractivity contribution < 1.29 is 9.53 Å². The van der Waals surface area contributed by atoms with Gasteiger partial charge in [-0.2, -0.15) is 0 Å². The number of nitrogens with zero attached hydrogens (tertiary/aromatic N) is 4. The summed E-state index contributed by atoms with van der Waals surface area (Å²) in [6.07, 6.45) is 2.23. The highest BCUT2D eigenvalue weighted by molar-refractivity contribution is 6.37. The van der Waals surface area contributed by atoms with E-state index in [4.69, 9.17) is 33.7 Å². The van der Waals surface area contributed by atoms with Crippen molar-refractivity contribution in [1.82, 2.24) is 19.9 Å². The number of carbonyl (C=O) groups is 1. The maximum atomic E-state index is 11.9. The Labute approximate surface area is 189 Å². The Hall–Kier alpha value is -2.81. The summed E-state index contributed by atoms with van der Waals surface area (Å²) < 4.78 is 6.07. The van der Waals surface area contributed by atoms with Gasteiger partial charge in [-0.25, -0.2) is 0 Å². The molecule has 1 aromatic heterocycles. The number of carbonyl (C=O) groups excluding carboxylic acids is 1. The highest BCUT2D eigenvalue weighted by atomic mass is 35.5. The zero-order chi connectivity index (χ0) is 22.0. The van der Waals surface area contributed by atoms with Crippen LogP contribution in [0.5, 0.6) is 5.75 Å². The maximum Gasteiger partial charge on any atom is 0.273 e. The second kappa shape index (κ2) is 9.13. The smallest absolute Gasteiger partial charge is 0.273 e. The molecule has 3 N–H and O–H groups in total. The lowest BCUT2D eigenvalue weighted by Gasteiger charge is -2.29. The summed E-state index contributed by atoms with van der Waals surface area (Å²) >= 11 is 12.5. The normalized spacial score (nSPS) is 15.1. The largest absolute Gasteiger partial charge is 0.490 e. The summed E-state index contributed by atoms with van der Waals surface area (Å²) in [5.74, 6) is 0.272. The van der Waals surface area contributed by atoms with Crippen molar-refractivity contribution in [2.75, 3.05) is 25.5 Å². The fourth-order valence-corrected chi connectivity index (χ4v) is 3.93. The van der Waals surface area contributed by atoms with Gasteiger partial charge in [-0.05, 0) is 56.3 Å². The summed E-state index contributed by atoms with van der Waals surface area (Å²) in [5.41, 5.74) is 6.53. The number of hydrogen-bond donors (Lipinski definition) is 2. The van der Waals surface area contributed by atoms with Crippen molar-refractivity contribution in [3.8, 4) is 11.4 Å². The Morgan fingerprint density at radius 2 is 1.74 bits per heavy atom. The Balaban J connectivity index is 1.52. The van der Waals surface area contributed by atoms with E-state index in [9.17, 15) is 4.79 Å². The van der Waals surface area contributed by atoms with Crippen molar-refractivity contribution in [3.05, 3.63) is 58.2 Å². The summed E-state index contributed by atoms with van der Waals surface area (Å²) in [4.78, 5) is 15.4. The number of nitrogens with two attached hydrogens (primary N) is 1. The van der Waals surface area contributed by atoms with Crippen molar-refractivity contribution in [1.29, 1.82) is 0 Å². The number of aromatic nitrogens is 3. The molecule has 0 unspecified atom stereocenters. The van der Waals surface area contributed by atoms with Crippen molar-refractivity contribution in [2.24, 2.45) is 5.73 Å². The number of amides is 1. The number of piperidine rings is 1. The topological polar surface area (TPSA) is 98.3 Å². The SMILES string of the molecule is CN1CCC(Oc2ccc(Nc3nn(-c4c(Cl)cccc4Cl)nc3C(N)=O)cc2)CC1. The van der Waals surface area contributed by atoms with Gasteiger partial charge in [0.1, 0.15) is 17.5 Å². The predicted octanol–water partition coefficient (Wildman–Crippen LogP) is 3.89. The van der Waals surface area contributed by atoms with E-state index in [2.05, 4.69) is 27.5 Å². The third kappa shape index (κ3) is 4.92. The number of hydrogen-bond acceptors (Lipinski definition) is 6. The number of anilines is 2. The fourth-order valence-electron chi connectivity index (χ4n) is 3.39. The molecule has 10 heteroatoms. The van der Waals surface area contributed by atoms with Crippen LogP contribution in [0, 0.1) is 0 Å². The first-order valence-corrected chi connectivity index (χ1v) is 10.6. The minimum absolute atomic E-state index is 0.0253. The maximum absolute atomic E-state index is 11.9. The Kier molecular flexibility index (Phi) is 6.31. The lowest BCUT2D eigenvalue weighted by Crippen LogP contribution is -2.35. The third-order valence-electron chi connectivity index (χ3n) is 5.07. The van der Waals surface area contributed by atoms with Gasteiger partial charge in [-0.1, -0.05) is 29.3 Å². The molecule has 2 aromatic carbocycles. The minimum Gasteiger partial charge on any atom is -0.490 e. The zero-order valence-corrected chi connectivity index (χ0v) is 18.4. The predicted molar refractivity (Wildman–Crippen MR) is 121 cm³/mol. The van der Waals surface area contributed by atoms with E-state index in [-0.39, 0.29) is 17.6 Å². The second-order valence-electron chi connectivity index (χ2n) is 7.39. The number of halogens is 2. The van der Waals surface area contributed by atoms with Crippen LogP contribution >= 0.6 is 23.2 Å². The molecular formula is C21H22Cl2N6O2.